The van der Waals surface area contributed by atoms with Crippen LogP contribution in [0.5, 0.6) is 17.2 Å². The minimum atomic E-state index is -0.936. The standard InChI is InChI=1S/C15H16O5S/c1-8-7-11(15(16)17)21-14(8)9-5-6-10(18-2)13(20-4)12(9)19-3/h5-7H,1-4H3,(H,16,17). The lowest BCUT2D eigenvalue weighted by Crippen LogP contribution is -1.96. The third-order valence-electron chi connectivity index (χ3n) is 3.08. The summed E-state index contributed by atoms with van der Waals surface area (Å²) < 4.78 is 16.0. The number of ether oxygens (including phenoxy) is 3. The first-order valence-corrected chi connectivity index (χ1v) is 6.98. The Morgan fingerprint density at radius 2 is 1.76 bits per heavy atom. The molecule has 5 nitrogen and oxygen atoms in total. The highest BCUT2D eigenvalue weighted by molar-refractivity contribution is 7.17. The van der Waals surface area contributed by atoms with Crippen molar-refractivity contribution in [3.63, 3.8) is 0 Å². The van der Waals surface area contributed by atoms with Gasteiger partial charge in [-0.3, -0.25) is 0 Å². The van der Waals surface area contributed by atoms with Crippen LogP contribution >= 0.6 is 11.3 Å². The molecule has 1 heterocycles. The topological polar surface area (TPSA) is 65.0 Å². The summed E-state index contributed by atoms with van der Waals surface area (Å²) in [5.41, 5.74) is 1.66. The van der Waals surface area contributed by atoms with Crippen molar-refractivity contribution in [1.29, 1.82) is 0 Å². The van der Waals surface area contributed by atoms with Crippen molar-refractivity contribution >= 4 is 17.3 Å². The normalized spacial score (nSPS) is 10.3. The lowest BCUT2D eigenvalue weighted by molar-refractivity contribution is 0.0702. The zero-order valence-electron chi connectivity index (χ0n) is 12.2. The Balaban J connectivity index is 2.66. The average Bonchev–Trinajstić information content (AvgIpc) is 2.87. The van der Waals surface area contributed by atoms with Crippen LogP contribution in [0.3, 0.4) is 0 Å². The number of rotatable bonds is 5. The van der Waals surface area contributed by atoms with Crippen molar-refractivity contribution in [2.75, 3.05) is 21.3 Å². The molecule has 21 heavy (non-hydrogen) atoms. The summed E-state index contributed by atoms with van der Waals surface area (Å²) >= 11 is 1.21. The van der Waals surface area contributed by atoms with Crippen LogP contribution in [0.2, 0.25) is 0 Å². The van der Waals surface area contributed by atoms with Gasteiger partial charge in [-0.2, -0.15) is 0 Å². The Bertz CT molecular complexity index is 675. The molecule has 1 aromatic carbocycles. The number of hydrogen-bond acceptors (Lipinski definition) is 5. The summed E-state index contributed by atoms with van der Waals surface area (Å²) in [5, 5.41) is 9.11. The van der Waals surface area contributed by atoms with E-state index in [1.807, 2.05) is 13.0 Å². The van der Waals surface area contributed by atoms with Gasteiger partial charge in [-0.25, -0.2) is 4.79 Å². The molecule has 2 rings (SSSR count). The first-order valence-electron chi connectivity index (χ1n) is 6.16. The van der Waals surface area contributed by atoms with Crippen LogP contribution in [0.4, 0.5) is 0 Å². The van der Waals surface area contributed by atoms with Gasteiger partial charge in [0.2, 0.25) is 5.75 Å². The van der Waals surface area contributed by atoms with Crippen molar-refractivity contribution < 1.29 is 24.1 Å². The molecule has 1 aromatic heterocycles. The molecule has 6 heteroatoms. The van der Waals surface area contributed by atoms with E-state index in [9.17, 15) is 4.79 Å². The Morgan fingerprint density at radius 1 is 1.10 bits per heavy atom. The maximum absolute atomic E-state index is 11.1. The molecule has 0 atom stereocenters. The smallest absolute Gasteiger partial charge is 0.345 e. The predicted octanol–water partition coefficient (Wildman–Crippen LogP) is 3.45. The fourth-order valence-corrected chi connectivity index (χ4v) is 3.17. The Kier molecular flexibility index (Phi) is 4.37. The summed E-state index contributed by atoms with van der Waals surface area (Å²) in [6.45, 7) is 1.87. The molecule has 0 aliphatic rings. The van der Waals surface area contributed by atoms with Gasteiger partial charge in [-0.15, -0.1) is 11.3 Å². The van der Waals surface area contributed by atoms with Crippen LogP contribution in [0.15, 0.2) is 18.2 Å². The van der Waals surface area contributed by atoms with E-state index in [1.165, 1.54) is 18.4 Å². The van der Waals surface area contributed by atoms with Gasteiger partial charge in [-0.05, 0) is 30.7 Å². The minimum absolute atomic E-state index is 0.291. The second-order valence-corrected chi connectivity index (χ2v) is 5.36. The summed E-state index contributed by atoms with van der Waals surface area (Å²) in [6, 6.07) is 5.26. The van der Waals surface area contributed by atoms with Gasteiger partial charge in [0.05, 0.1) is 21.3 Å². The number of thiophene rings is 1. The van der Waals surface area contributed by atoms with Crippen molar-refractivity contribution in [3.05, 3.63) is 28.6 Å². The molecule has 0 aliphatic heterocycles. The van der Waals surface area contributed by atoms with Gasteiger partial charge >= 0.3 is 5.97 Å². The highest BCUT2D eigenvalue weighted by Gasteiger charge is 2.21. The molecule has 0 aliphatic carbocycles. The maximum Gasteiger partial charge on any atom is 0.345 e. The third-order valence-corrected chi connectivity index (χ3v) is 4.34. The Morgan fingerprint density at radius 3 is 2.24 bits per heavy atom. The number of methoxy groups -OCH3 is 3. The average molecular weight is 308 g/mol. The number of benzene rings is 1. The van der Waals surface area contributed by atoms with Crippen LogP contribution < -0.4 is 14.2 Å². The van der Waals surface area contributed by atoms with Crippen LogP contribution in [0, 0.1) is 6.92 Å². The van der Waals surface area contributed by atoms with Gasteiger partial charge in [0.15, 0.2) is 11.5 Å². The summed E-state index contributed by atoms with van der Waals surface area (Å²) in [6.07, 6.45) is 0. The zero-order chi connectivity index (χ0) is 15.6. The number of carbonyl (C=O) groups is 1. The summed E-state index contributed by atoms with van der Waals surface area (Å²) in [7, 11) is 4.63. The van der Waals surface area contributed by atoms with Gasteiger partial charge < -0.3 is 19.3 Å². The summed E-state index contributed by atoms with van der Waals surface area (Å²) in [4.78, 5) is 12.2. The van der Waals surface area contributed by atoms with E-state index in [0.717, 1.165) is 16.0 Å². The number of aryl methyl sites for hydroxylation is 1. The Labute approximate surface area is 126 Å². The van der Waals surface area contributed by atoms with Crippen LogP contribution in [0.25, 0.3) is 10.4 Å². The molecule has 0 amide bonds. The first-order chi connectivity index (χ1) is 10.0. The van der Waals surface area contributed by atoms with Crippen molar-refractivity contribution in [1.82, 2.24) is 0 Å². The largest absolute Gasteiger partial charge is 0.493 e. The second kappa shape index (κ2) is 6.05. The van der Waals surface area contributed by atoms with Gasteiger partial charge in [0.1, 0.15) is 4.88 Å². The predicted molar refractivity (Wildman–Crippen MR) is 81.1 cm³/mol. The maximum atomic E-state index is 11.1. The van der Waals surface area contributed by atoms with Crippen molar-refractivity contribution in [2.45, 2.75) is 6.92 Å². The fraction of sp³-hybridized carbons (Fsp3) is 0.267. The lowest BCUT2D eigenvalue weighted by Gasteiger charge is -2.15. The van der Waals surface area contributed by atoms with E-state index >= 15 is 0 Å². The van der Waals surface area contributed by atoms with E-state index in [1.54, 1.807) is 26.4 Å². The quantitative estimate of drug-likeness (QED) is 0.916. The summed E-state index contributed by atoms with van der Waals surface area (Å²) in [5.74, 6) is 0.639. The Hall–Kier alpha value is -2.21. The third kappa shape index (κ3) is 2.67. The number of carboxylic acid groups (broad SMARTS) is 1. The molecule has 0 unspecified atom stereocenters. The van der Waals surface area contributed by atoms with E-state index in [0.29, 0.717) is 22.1 Å². The number of hydrogen-bond donors (Lipinski definition) is 1. The van der Waals surface area contributed by atoms with Gasteiger partial charge in [0.25, 0.3) is 0 Å². The molecule has 2 aromatic rings. The molecule has 0 spiro atoms. The molecule has 0 saturated heterocycles. The van der Waals surface area contributed by atoms with Gasteiger partial charge in [-0.1, -0.05) is 0 Å². The van der Waals surface area contributed by atoms with E-state index in [4.69, 9.17) is 19.3 Å². The lowest BCUT2D eigenvalue weighted by atomic mass is 10.1. The molecule has 0 radical (unpaired) electrons. The monoisotopic (exact) mass is 308 g/mol. The molecular formula is C15H16O5S. The first kappa shape index (κ1) is 15.2. The highest BCUT2D eigenvalue weighted by Crippen LogP contribution is 2.46. The van der Waals surface area contributed by atoms with Crippen LogP contribution in [-0.2, 0) is 0 Å². The minimum Gasteiger partial charge on any atom is -0.493 e. The van der Waals surface area contributed by atoms with E-state index in [-0.39, 0.29) is 0 Å². The molecule has 0 fully saturated rings. The van der Waals surface area contributed by atoms with E-state index < -0.39 is 5.97 Å². The van der Waals surface area contributed by atoms with Crippen LogP contribution in [0.1, 0.15) is 15.2 Å². The zero-order valence-corrected chi connectivity index (χ0v) is 13.0. The van der Waals surface area contributed by atoms with Crippen LogP contribution in [-0.4, -0.2) is 32.4 Å². The second-order valence-electron chi connectivity index (χ2n) is 4.31. The van der Waals surface area contributed by atoms with Crippen molar-refractivity contribution in [3.8, 4) is 27.7 Å². The number of aromatic carboxylic acids is 1. The number of carboxylic acids is 1. The molecular weight excluding hydrogens is 292 g/mol. The molecule has 0 saturated carbocycles. The fourth-order valence-electron chi connectivity index (χ4n) is 2.13. The van der Waals surface area contributed by atoms with Gasteiger partial charge in [0, 0.05) is 10.4 Å². The SMILES string of the molecule is COc1ccc(-c2sc(C(=O)O)cc2C)c(OC)c1OC. The van der Waals surface area contributed by atoms with Crippen molar-refractivity contribution in [2.24, 2.45) is 0 Å². The highest BCUT2D eigenvalue weighted by atomic mass is 32.1. The van der Waals surface area contributed by atoms with E-state index in [2.05, 4.69) is 0 Å². The molecule has 0 bridgehead atoms. The molecule has 1 N–H and O–H groups in total. The molecule has 112 valence electrons.